The van der Waals surface area contributed by atoms with Gasteiger partial charge in [0.15, 0.2) is 0 Å². The van der Waals surface area contributed by atoms with E-state index >= 15 is 0 Å². The molecule has 0 aliphatic carbocycles. The van der Waals surface area contributed by atoms with E-state index in [1.807, 2.05) is 36.4 Å². The SMILES string of the molecule is CSc1ccccc1Nc1cc(-c2ccccc2)nc(NC(C)(C)C)n1. The molecule has 1 aromatic heterocycles. The van der Waals surface area contributed by atoms with Gasteiger partial charge in [0, 0.05) is 22.1 Å². The summed E-state index contributed by atoms with van der Waals surface area (Å²) in [6, 6.07) is 20.4. The number of hydrogen-bond donors (Lipinski definition) is 2. The van der Waals surface area contributed by atoms with Crippen LogP contribution in [0.3, 0.4) is 0 Å². The fourth-order valence-electron chi connectivity index (χ4n) is 2.55. The summed E-state index contributed by atoms with van der Waals surface area (Å²) in [5.74, 6) is 1.38. The van der Waals surface area contributed by atoms with Crippen LogP contribution in [0.15, 0.2) is 65.6 Å². The van der Waals surface area contributed by atoms with Gasteiger partial charge in [-0.15, -0.1) is 11.8 Å². The molecule has 0 unspecified atom stereocenters. The second-order valence-corrected chi connectivity index (χ2v) is 7.88. The molecule has 0 saturated carbocycles. The van der Waals surface area contributed by atoms with Crippen molar-refractivity contribution in [1.29, 1.82) is 0 Å². The third-order valence-electron chi connectivity index (χ3n) is 3.65. The molecule has 4 nitrogen and oxygen atoms in total. The van der Waals surface area contributed by atoms with Gasteiger partial charge in [-0.1, -0.05) is 42.5 Å². The molecule has 0 spiro atoms. The minimum atomic E-state index is -0.121. The molecule has 2 aromatic carbocycles. The lowest BCUT2D eigenvalue weighted by Crippen LogP contribution is -2.27. The lowest BCUT2D eigenvalue weighted by Gasteiger charge is -2.21. The van der Waals surface area contributed by atoms with E-state index < -0.39 is 0 Å². The minimum Gasteiger partial charge on any atom is -0.350 e. The molecule has 26 heavy (non-hydrogen) atoms. The monoisotopic (exact) mass is 364 g/mol. The van der Waals surface area contributed by atoms with Crippen molar-refractivity contribution >= 4 is 29.2 Å². The second kappa shape index (κ2) is 7.79. The molecule has 0 aliphatic rings. The largest absolute Gasteiger partial charge is 0.350 e. The second-order valence-electron chi connectivity index (χ2n) is 7.03. The molecule has 3 rings (SSSR count). The summed E-state index contributed by atoms with van der Waals surface area (Å²) in [6.45, 7) is 6.30. The number of rotatable bonds is 5. The predicted octanol–water partition coefficient (Wildman–Crippen LogP) is 5.82. The number of thioether (sulfide) groups is 1. The Morgan fingerprint density at radius 2 is 1.58 bits per heavy atom. The van der Waals surface area contributed by atoms with Crippen LogP contribution < -0.4 is 10.6 Å². The normalized spacial score (nSPS) is 11.2. The van der Waals surface area contributed by atoms with E-state index in [9.17, 15) is 0 Å². The molecular weight excluding hydrogens is 340 g/mol. The Labute approximate surface area is 159 Å². The molecule has 0 fully saturated rings. The Kier molecular flexibility index (Phi) is 5.47. The van der Waals surface area contributed by atoms with Crippen LogP contribution in [0.2, 0.25) is 0 Å². The zero-order valence-electron chi connectivity index (χ0n) is 15.6. The highest BCUT2D eigenvalue weighted by Crippen LogP contribution is 2.29. The van der Waals surface area contributed by atoms with Gasteiger partial charge in [0.25, 0.3) is 0 Å². The van der Waals surface area contributed by atoms with E-state index in [2.05, 4.69) is 66.9 Å². The Bertz CT molecular complexity index is 873. The number of nitrogens with one attached hydrogen (secondary N) is 2. The van der Waals surface area contributed by atoms with Crippen LogP contribution in [-0.2, 0) is 0 Å². The highest BCUT2D eigenvalue weighted by atomic mass is 32.2. The fourth-order valence-corrected chi connectivity index (χ4v) is 3.10. The zero-order valence-corrected chi connectivity index (χ0v) is 16.4. The van der Waals surface area contributed by atoms with E-state index in [-0.39, 0.29) is 5.54 Å². The van der Waals surface area contributed by atoms with Gasteiger partial charge in [0.2, 0.25) is 5.95 Å². The van der Waals surface area contributed by atoms with Gasteiger partial charge in [0.05, 0.1) is 11.4 Å². The molecule has 0 aliphatic heterocycles. The Balaban J connectivity index is 2.02. The summed E-state index contributed by atoms with van der Waals surface area (Å²) >= 11 is 1.71. The molecule has 0 atom stereocenters. The maximum atomic E-state index is 4.71. The van der Waals surface area contributed by atoms with Crippen molar-refractivity contribution < 1.29 is 0 Å². The Hall–Kier alpha value is -2.53. The Morgan fingerprint density at radius 3 is 2.27 bits per heavy atom. The van der Waals surface area contributed by atoms with E-state index in [0.29, 0.717) is 5.95 Å². The van der Waals surface area contributed by atoms with Gasteiger partial charge < -0.3 is 10.6 Å². The van der Waals surface area contributed by atoms with E-state index in [0.717, 1.165) is 22.8 Å². The summed E-state index contributed by atoms with van der Waals surface area (Å²) in [7, 11) is 0. The maximum absolute atomic E-state index is 4.71. The first-order valence-corrected chi connectivity index (χ1v) is 9.80. The lowest BCUT2D eigenvalue weighted by molar-refractivity contribution is 0.626. The average molecular weight is 365 g/mol. The average Bonchev–Trinajstić information content (AvgIpc) is 2.61. The molecule has 0 bridgehead atoms. The van der Waals surface area contributed by atoms with Crippen molar-refractivity contribution in [2.24, 2.45) is 0 Å². The minimum absolute atomic E-state index is 0.121. The third-order valence-corrected chi connectivity index (χ3v) is 4.45. The predicted molar refractivity (Wildman–Crippen MR) is 112 cm³/mol. The van der Waals surface area contributed by atoms with Crippen LogP contribution in [0.5, 0.6) is 0 Å². The summed E-state index contributed by atoms with van der Waals surface area (Å²) in [5, 5.41) is 6.83. The van der Waals surface area contributed by atoms with Crippen molar-refractivity contribution in [1.82, 2.24) is 9.97 Å². The zero-order chi connectivity index (χ0) is 18.6. The molecule has 5 heteroatoms. The number of aromatic nitrogens is 2. The van der Waals surface area contributed by atoms with Crippen molar-refractivity contribution in [3.05, 3.63) is 60.7 Å². The highest BCUT2D eigenvalue weighted by molar-refractivity contribution is 7.98. The molecule has 0 saturated heterocycles. The molecule has 2 N–H and O–H groups in total. The van der Waals surface area contributed by atoms with Crippen LogP contribution in [0, 0.1) is 0 Å². The van der Waals surface area contributed by atoms with Crippen LogP contribution in [-0.4, -0.2) is 21.8 Å². The van der Waals surface area contributed by atoms with Crippen molar-refractivity contribution in [2.75, 3.05) is 16.9 Å². The quantitative estimate of drug-likeness (QED) is 0.559. The standard InChI is InChI=1S/C21H24N4S/c1-21(2,3)25-20-23-17(15-10-6-5-7-11-15)14-19(24-20)22-16-12-8-9-13-18(16)26-4/h5-14H,1-4H3,(H2,22,23,24,25). The molecule has 0 amide bonds. The highest BCUT2D eigenvalue weighted by Gasteiger charge is 2.14. The fraction of sp³-hybridized carbons (Fsp3) is 0.238. The molecule has 3 aromatic rings. The van der Waals surface area contributed by atoms with Gasteiger partial charge in [-0.25, -0.2) is 4.98 Å². The van der Waals surface area contributed by atoms with E-state index in [1.165, 1.54) is 4.90 Å². The Morgan fingerprint density at radius 1 is 0.885 bits per heavy atom. The molecule has 134 valence electrons. The number of benzene rings is 2. The van der Waals surface area contributed by atoms with Crippen LogP contribution in [0.1, 0.15) is 20.8 Å². The van der Waals surface area contributed by atoms with Crippen LogP contribution in [0.4, 0.5) is 17.5 Å². The van der Waals surface area contributed by atoms with Crippen molar-refractivity contribution in [2.45, 2.75) is 31.2 Å². The topological polar surface area (TPSA) is 49.8 Å². The number of anilines is 3. The van der Waals surface area contributed by atoms with E-state index in [1.54, 1.807) is 11.8 Å². The molecule has 0 radical (unpaired) electrons. The molecule has 1 heterocycles. The molecular formula is C21H24N4S. The number of nitrogens with zero attached hydrogens (tertiary/aromatic N) is 2. The first kappa shape index (κ1) is 18.3. The van der Waals surface area contributed by atoms with Gasteiger partial charge in [0.1, 0.15) is 5.82 Å². The van der Waals surface area contributed by atoms with Crippen molar-refractivity contribution in [3.8, 4) is 11.3 Å². The third kappa shape index (κ3) is 4.76. The van der Waals surface area contributed by atoms with Gasteiger partial charge in [-0.2, -0.15) is 4.98 Å². The van der Waals surface area contributed by atoms with E-state index in [4.69, 9.17) is 4.98 Å². The first-order valence-electron chi connectivity index (χ1n) is 8.57. The van der Waals surface area contributed by atoms with Crippen LogP contribution in [0.25, 0.3) is 11.3 Å². The summed E-state index contributed by atoms with van der Waals surface area (Å²) < 4.78 is 0. The summed E-state index contributed by atoms with van der Waals surface area (Å²) in [5.41, 5.74) is 2.87. The number of hydrogen-bond acceptors (Lipinski definition) is 5. The summed E-state index contributed by atoms with van der Waals surface area (Å²) in [4.78, 5) is 10.6. The number of para-hydroxylation sites is 1. The summed E-state index contributed by atoms with van der Waals surface area (Å²) in [6.07, 6.45) is 2.07. The van der Waals surface area contributed by atoms with Gasteiger partial charge >= 0.3 is 0 Å². The maximum Gasteiger partial charge on any atom is 0.225 e. The lowest BCUT2D eigenvalue weighted by atomic mass is 10.1. The van der Waals surface area contributed by atoms with Gasteiger partial charge in [-0.3, -0.25) is 0 Å². The van der Waals surface area contributed by atoms with Crippen LogP contribution >= 0.6 is 11.8 Å². The van der Waals surface area contributed by atoms with Gasteiger partial charge in [-0.05, 0) is 39.2 Å². The van der Waals surface area contributed by atoms with Crippen molar-refractivity contribution in [3.63, 3.8) is 0 Å². The smallest absolute Gasteiger partial charge is 0.225 e. The first-order chi connectivity index (χ1) is 12.4.